The number of carboxylic acids is 1. The zero-order chi connectivity index (χ0) is 13.5. The van der Waals surface area contributed by atoms with Crippen LogP contribution in [0.3, 0.4) is 0 Å². The Balaban J connectivity index is 0.00000180. The van der Waals surface area contributed by atoms with E-state index in [0.29, 0.717) is 13.1 Å². The molecular formula is C12H19LiN2O4. The maximum absolute atomic E-state index is 12.0. The van der Waals surface area contributed by atoms with Gasteiger partial charge in [-0.25, -0.2) is 4.79 Å². The van der Waals surface area contributed by atoms with Gasteiger partial charge in [0.1, 0.15) is 5.60 Å². The van der Waals surface area contributed by atoms with E-state index >= 15 is 0 Å². The van der Waals surface area contributed by atoms with Crippen LogP contribution in [0.4, 0.5) is 4.79 Å². The molecule has 0 aliphatic carbocycles. The Bertz CT molecular complexity index is 369. The van der Waals surface area contributed by atoms with E-state index in [9.17, 15) is 14.7 Å². The summed E-state index contributed by atoms with van der Waals surface area (Å²) in [4.78, 5) is 26.5. The molecule has 2 rings (SSSR count). The van der Waals surface area contributed by atoms with Crippen molar-refractivity contribution in [2.24, 2.45) is 0 Å². The number of carbonyl (C=O) groups excluding carboxylic acids is 2. The number of carboxylic acid groups (broad SMARTS) is 1. The predicted octanol–water partition coefficient (Wildman–Crippen LogP) is -3.57. The van der Waals surface area contributed by atoms with Crippen LogP contribution < -0.4 is 24.0 Å². The third-order valence-corrected chi connectivity index (χ3v) is 3.35. The van der Waals surface area contributed by atoms with Crippen molar-refractivity contribution in [1.29, 1.82) is 0 Å². The Hall–Kier alpha value is -0.703. The summed E-state index contributed by atoms with van der Waals surface area (Å²) >= 11 is 0. The molecule has 0 saturated carbocycles. The van der Waals surface area contributed by atoms with Crippen molar-refractivity contribution >= 4 is 12.1 Å². The molecule has 0 aromatic heterocycles. The standard InChI is InChI=1S/C12H20N2O4.Li/c1-12(2,3)18-11(17)14-7-9(10(15)16)13-5-4-8(14)6-13;/h8-9H,4-7H2,1-3H3,(H,15,16);/q;+1/p-1. The second kappa shape index (κ2) is 5.74. The summed E-state index contributed by atoms with van der Waals surface area (Å²) in [7, 11) is 0. The van der Waals surface area contributed by atoms with Gasteiger partial charge in [0.25, 0.3) is 0 Å². The van der Waals surface area contributed by atoms with Gasteiger partial charge in [0.2, 0.25) is 0 Å². The first-order valence-electron chi connectivity index (χ1n) is 6.22. The number of carbonyl (C=O) groups is 2. The minimum atomic E-state index is -1.12. The first kappa shape index (κ1) is 16.4. The van der Waals surface area contributed by atoms with Crippen LogP contribution in [0.25, 0.3) is 0 Å². The van der Waals surface area contributed by atoms with Crippen LogP contribution in [0.2, 0.25) is 0 Å². The fraction of sp³-hybridized carbons (Fsp3) is 0.833. The molecule has 3 unspecified atom stereocenters. The van der Waals surface area contributed by atoms with E-state index in [1.807, 2.05) is 4.90 Å². The summed E-state index contributed by atoms with van der Waals surface area (Å²) in [5.41, 5.74) is -0.566. The van der Waals surface area contributed by atoms with Crippen molar-refractivity contribution in [1.82, 2.24) is 9.80 Å². The van der Waals surface area contributed by atoms with Crippen molar-refractivity contribution in [2.75, 3.05) is 19.6 Å². The molecule has 0 N–H and O–H groups in total. The molecule has 7 heteroatoms. The topological polar surface area (TPSA) is 72.9 Å². The first-order valence-corrected chi connectivity index (χ1v) is 6.22. The molecule has 2 fully saturated rings. The van der Waals surface area contributed by atoms with Gasteiger partial charge >= 0.3 is 25.0 Å². The Morgan fingerprint density at radius 2 is 1.89 bits per heavy atom. The molecule has 6 nitrogen and oxygen atoms in total. The molecule has 0 radical (unpaired) electrons. The number of fused-ring (bicyclic) bond motifs is 2. The second-order valence-corrected chi connectivity index (χ2v) is 5.90. The van der Waals surface area contributed by atoms with Gasteiger partial charge in [0, 0.05) is 25.7 Å². The van der Waals surface area contributed by atoms with E-state index in [4.69, 9.17) is 4.74 Å². The number of nitrogens with zero attached hydrogens (tertiary/aromatic N) is 2. The largest absolute Gasteiger partial charge is 1.00 e. The monoisotopic (exact) mass is 262 g/mol. The Morgan fingerprint density at radius 3 is 2.42 bits per heavy atom. The maximum atomic E-state index is 12.0. The summed E-state index contributed by atoms with van der Waals surface area (Å²) in [6, 6.07) is -0.647. The molecule has 0 aromatic rings. The maximum Gasteiger partial charge on any atom is 1.00 e. The van der Waals surface area contributed by atoms with Gasteiger partial charge in [-0.3, -0.25) is 4.90 Å². The van der Waals surface area contributed by atoms with Crippen molar-refractivity contribution in [3.63, 3.8) is 0 Å². The number of amides is 1. The van der Waals surface area contributed by atoms with Crippen molar-refractivity contribution < 1.29 is 38.3 Å². The number of piperazine rings is 1. The molecule has 2 aliphatic heterocycles. The van der Waals surface area contributed by atoms with Crippen LogP contribution >= 0.6 is 0 Å². The molecule has 102 valence electrons. The summed E-state index contributed by atoms with van der Waals surface area (Å²) in [6.45, 7) is 6.84. The van der Waals surface area contributed by atoms with E-state index in [1.54, 1.807) is 20.8 Å². The van der Waals surface area contributed by atoms with E-state index in [-0.39, 0.29) is 31.4 Å². The molecule has 2 aliphatic rings. The molecule has 0 aromatic carbocycles. The van der Waals surface area contributed by atoms with Gasteiger partial charge in [-0.2, -0.15) is 0 Å². The van der Waals surface area contributed by atoms with Crippen LogP contribution in [0.5, 0.6) is 0 Å². The minimum Gasteiger partial charge on any atom is -0.548 e. The Morgan fingerprint density at radius 1 is 1.26 bits per heavy atom. The van der Waals surface area contributed by atoms with E-state index < -0.39 is 23.7 Å². The molecule has 0 spiro atoms. The number of hydrogen-bond acceptors (Lipinski definition) is 5. The molecule has 2 bridgehead atoms. The number of rotatable bonds is 1. The van der Waals surface area contributed by atoms with Crippen LogP contribution in [0, 0.1) is 0 Å². The van der Waals surface area contributed by atoms with Crippen LogP contribution in [0.15, 0.2) is 0 Å². The SMILES string of the molecule is CC(C)(C)OC(=O)N1CC(C(=O)[O-])N2CCC1C2.[Li+]. The summed E-state index contributed by atoms with van der Waals surface area (Å²) < 4.78 is 5.31. The molecule has 1 amide bonds. The first-order chi connectivity index (χ1) is 8.28. The van der Waals surface area contributed by atoms with Gasteiger partial charge in [0.15, 0.2) is 0 Å². The zero-order valence-corrected chi connectivity index (χ0v) is 12.0. The van der Waals surface area contributed by atoms with Crippen LogP contribution in [0.1, 0.15) is 27.2 Å². The average Bonchev–Trinajstić information content (AvgIpc) is 2.59. The van der Waals surface area contributed by atoms with Gasteiger partial charge in [-0.05, 0) is 27.2 Å². The Kier molecular flexibility index (Phi) is 4.94. The molecular weight excluding hydrogens is 243 g/mol. The third kappa shape index (κ3) is 3.65. The number of hydrogen-bond donors (Lipinski definition) is 0. The fourth-order valence-electron chi connectivity index (χ4n) is 2.52. The fourth-order valence-corrected chi connectivity index (χ4v) is 2.52. The smallest absolute Gasteiger partial charge is 0.548 e. The summed E-state index contributed by atoms with van der Waals surface area (Å²) in [6.07, 6.45) is 0.364. The predicted molar refractivity (Wildman–Crippen MR) is 61.7 cm³/mol. The minimum absolute atomic E-state index is 0. The van der Waals surface area contributed by atoms with E-state index in [2.05, 4.69) is 0 Å². The molecule has 2 saturated heterocycles. The van der Waals surface area contributed by atoms with Gasteiger partial charge in [0.05, 0.1) is 12.0 Å². The second-order valence-electron chi connectivity index (χ2n) is 5.90. The summed E-state index contributed by atoms with van der Waals surface area (Å²) in [5.74, 6) is -1.12. The van der Waals surface area contributed by atoms with E-state index in [1.165, 1.54) is 4.90 Å². The third-order valence-electron chi connectivity index (χ3n) is 3.35. The quantitative estimate of drug-likeness (QED) is 0.457. The average molecular weight is 262 g/mol. The van der Waals surface area contributed by atoms with Crippen LogP contribution in [-0.4, -0.2) is 59.2 Å². The van der Waals surface area contributed by atoms with Crippen molar-refractivity contribution in [2.45, 2.75) is 44.9 Å². The van der Waals surface area contributed by atoms with E-state index in [0.717, 1.165) is 6.42 Å². The molecule has 19 heavy (non-hydrogen) atoms. The van der Waals surface area contributed by atoms with Gasteiger partial charge in [-0.1, -0.05) is 0 Å². The van der Waals surface area contributed by atoms with Crippen molar-refractivity contribution in [3.05, 3.63) is 0 Å². The van der Waals surface area contributed by atoms with Gasteiger partial charge < -0.3 is 19.5 Å². The number of aliphatic carboxylic acids is 1. The normalized spacial score (nSPS) is 29.6. The Labute approximate surface area is 125 Å². The number of ether oxygens (including phenoxy) is 1. The van der Waals surface area contributed by atoms with Gasteiger partial charge in [-0.15, -0.1) is 0 Å². The van der Waals surface area contributed by atoms with Crippen molar-refractivity contribution in [3.8, 4) is 0 Å². The van der Waals surface area contributed by atoms with Crippen LogP contribution in [-0.2, 0) is 9.53 Å². The molecule has 3 atom stereocenters. The summed E-state index contributed by atoms with van der Waals surface area (Å²) in [5, 5.41) is 11.1. The zero-order valence-electron chi connectivity index (χ0n) is 12.0. The molecule has 2 heterocycles.